The smallest absolute Gasteiger partial charge is 0.306 e. The van der Waals surface area contributed by atoms with Gasteiger partial charge in [0.15, 0.2) is 6.10 Å². The first kappa shape index (κ1) is 78.5. The van der Waals surface area contributed by atoms with E-state index in [1.807, 2.05) is 0 Å². The zero-order valence-corrected chi connectivity index (χ0v) is 54.2. The molecule has 0 aromatic rings. The Hall–Kier alpha value is -4.45. The minimum atomic E-state index is -0.789. The minimum absolute atomic E-state index is 0.0849. The Labute approximate surface area is 513 Å². The topological polar surface area (TPSA) is 78.9 Å². The molecule has 0 aliphatic heterocycles. The third-order valence-corrected chi connectivity index (χ3v) is 14.6. The van der Waals surface area contributed by atoms with E-state index < -0.39 is 6.10 Å². The van der Waals surface area contributed by atoms with Crippen LogP contribution in [0.2, 0.25) is 0 Å². The molecule has 0 aromatic carbocycles. The molecule has 0 aliphatic rings. The second kappa shape index (κ2) is 70.0. The minimum Gasteiger partial charge on any atom is -0.462 e. The van der Waals surface area contributed by atoms with E-state index in [0.717, 1.165) is 128 Å². The molecule has 0 bridgehead atoms. The van der Waals surface area contributed by atoms with E-state index in [0.29, 0.717) is 19.3 Å². The highest BCUT2D eigenvalue weighted by Gasteiger charge is 2.19. The Morgan fingerprint density at radius 2 is 0.470 bits per heavy atom. The fraction of sp³-hybridized carbons (Fsp3) is 0.675. The van der Waals surface area contributed by atoms with Crippen LogP contribution in [0.25, 0.3) is 0 Å². The van der Waals surface area contributed by atoms with Crippen LogP contribution in [0, 0.1) is 0 Å². The number of hydrogen-bond donors (Lipinski definition) is 0. The van der Waals surface area contributed by atoms with Gasteiger partial charge in [-0.25, -0.2) is 0 Å². The van der Waals surface area contributed by atoms with Crippen LogP contribution in [0.1, 0.15) is 316 Å². The van der Waals surface area contributed by atoms with Gasteiger partial charge in [0.05, 0.1) is 0 Å². The van der Waals surface area contributed by atoms with Crippen molar-refractivity contribution in [2.75, 3.05) is 13.2 Å². The van der Waals surface area contributed by atoms with Crippen molar-refractivity contribution >= 4 is 17.9 Å². The first-order valence-electron chi connectivity index (χ1n) is 34.7. The van der Waals surface area contributed by atoms with Crippen molar-refractivity contribution in [3.8, 4) is 0 Å². The van der Waals surface area contributed by atoms with Crippen molar-refractivity contribution in [3.63, 3.8) is 0 Å². The second-order valence-electron chi connectivity index (χ2n) is 22.7. The van der Waals surface area contributed by atoms with Crippen LogP contribution in [0.4, 0.5) is 0 Å². The fourth-order valence-electron chi connectivity index (χ4n) is 9.48. The van der Waals surface area contributed by atoms with Gasteiger partial charge < -0.3 is 14.2 Å². The molecule has 0 aliphatic carbocycles. The Morgan fingerprint density at radius 3 is 0.747 bits per heavy atom. The number of unbranched alkanes of at least 4 members (excludes halogenated alkanes) is 29. The molecule has 0 heterocycles. The zero-order valence-electron chi connectivity index (χ0n) is 54.2. The van der Waals surface area contributed by atoms with Gasteiger partial charge in [0.2, 0.25) is 0 Å². The van der Waals surface area contributed by atoms with E-state index in [9.17, 15) is 14.4 Å². The summed E-state index contributed by atoms with van der Waals surface area (Å²) in [5, 5.41) is 0. The molecule has 0 amide bonds. The molecule has 472 valence electrons. The molecule has 1 atom stereocenters. The van der Waals surface area contributed by atoms with E-state index in [2.05, 4.69) is 154 Å². The first-order chi connectivity index (χ1) is 41.0. The van der Waals surface area contributed by atoms with E-state index in [1.54, 1.807) is 0 Å². The highest BCUT2D eigenvalue weighted by molar-refractivity contribution is 5.71. The van der Waals surface area contributed by atoms with Gasteiger partial charge in [-0.1, -0.05) is 302 Å². The molecule has 0 spiro atoms. The van der Waals surface area contributed by atoms with Crippen LogP contribution in [0.3, 0.4) is 0 Å². The van der Waals surface area contributed by atoms with Crippen LogP contribution in [0.15, 0.2) is 134 Å². The van der Waals surface area contributed by atoms with Crippen molar-refractivity contribution in [3.05, 3.63) is 134 Å². The SMILES string of the molecule is CC/C=C\C/C=C\C/C=C\C/C=C\C/C=C\CCCCCCCCCCCCCC(=O)OCC(COC(=O)CCCCCCC/C=C\CCCC)OC(=O)CCCCCCCCCCCCC/C=C\C/C=C\C/C=C\C/C=C\C/C=C\CC. The zero-order chi connectivity index (χ0) is 59.9. The molecule has 6 nitrogen and oxygen atoms in total. The quantitative estimate of drug-likeness (QED) is 0.0261. The second-order valence-corrected chi connectivity index (χ2v) is 22.7. The molecule has 83 heavy (non-hydrogen) atoms. The maximum absolute atomic E-state index is 12.9. The number of rotatable bonds is 62. The lowest BCUT2D eigenvalue weighted by atomic mass is 10.0. The van der Waals surface area contributed by atoms with Gasteiger partial charge in [-0.3, -0.25) is 14.4 Å². The van der Waals surface area contributed by atoms with E-state index in [-0.39, 0.29) is 31.1 Å². The van der Waals surface area contributed by atoms with Crippen LogP contribution in [-0.2, 0) is 28.6 Å². The third-order valence-electron chi connectivity index (χ3n) is 14.6. The molecular formula is C77H128O6. The van der Waals surface area contributed by atoms with Crippen molar-refractivity contribution in [1.29, 1.82) is 0 Å². The Balaban J connectivity index is 4.27. The van der Waals surface area contributed by atoms with Crippen LogP contribution in [0.5, 0.6) is 0 Å². The Bertz CT molecular complexity index is 1750. The number of esters is 3. The van der Waals surface area contributed by atoms with Crippen molar-refractivity contribution in [2.45, 2.75) is 322 Å². The molecule has 0 radical (unpaired) electrons. The number of carbonyl (C=O) groups is 3. The highest BCUT2D eigenvalue weighted by Crippen LogP contribution is 2.16. The first-order valence-corrected chi connectivity index (χ1v) is 34.7. The van der Waals surface area contributed by atoms with Crippen molar-refractivity contribution in [1.82, 2.24) is 0 Å². The summed E-state index contributed by atoms with van der Waals surface area (Å²) in [5.74, 6) is -0.894. The van der Waals surface area contributed by atoms with E-state index in [1.165, 1.54) is 148 Å². The molecular weight excluding hydrogens is 1020 g/mol. The lowest BCUT2D eigenvalue weighted by Crippen LogP contribution is -2.30. The van der Waals surface area contributed by atoms with Gasteiger partial charge in [0.1, 0.15) is 13.2 Å². The Morgan fingerprint density at radius 1 is 0.253 bits per heavy atom. The standard InChI is InChI=1S/C77H128O6/c1-4-7-10-13-16-19-22-24-26-28-30-32-34-36-38-40-42-44-46-48-50-52-55-58-61-64-67-70-76(79)82-73-74(72-81-75(78)69-66-63-60-57-54-21-18-15-12-9-6-3)83-77(80)71-68-65-62-59-56-53-51-49-47-45-43-41-39-37-35-33-31-29-27-25-23-20-17-14-11-8-5-2/h7-8,10-11,15-20,24-27,30-33,36-39,74H,4-6,9,12-14,21-23,28-29,34-35,40-73H2,1-3H3/b10-7-,11-8-,18-15-,19-16-,20-17-,26-24-,27-25-,32-30-,33-31-,38-36-,39-37-. The lowest BCUT2D eigenvalue weighted by molar-refractivity contribution is -0.167. The summed E-state index contributed by atoms with van der Waals surface area (Å²) < 4.78 is 16.9. The number of hydrogen-bond acceptors (Lipinski definition) is 6. The molecule has 0 saturated heterocycles. The monoisotopic (exact) mass is 1150 g/mol. The molecule has 1 unspecified atom stereocenters. The summed E-state index contributed by atoms with van der Waals surface area (Å²) >= 11 is 0. The Kier molecular flexibility index (Phi) is 66.3. The largest absolute Gasteiger partial charge is 0.462 e. The number of allylic oxidation sites excluding steroid dienone is 22. The van der Waals surface area contributed by atoms with Gasteiger partial charge >= 0.3 is 17.9 Å². The van der Waals surface area contributed by atoms with Gasteiger partial charge in [0, 0.05) is 19.3 Å². The van der Waals surface area contributed by atoms with Crippen LogP contribution >= 0.6 is 0 Å². The molecule has 0 rings (SSSR count). The predicted octanol–water partition coefficient (Wildman–Crippen LogP) is 24.1. The predicted molar refractivity (Wildman–Crippen MR) is 362 cm³/mol. The molecule has 6 heteroatoms. The van der Waals surface area contributed by atoms with Gasteiger partial charge in [-0.15, -0.1) is 0 Å². The summed E-state index contributed by atoms with van der Waals surface area (Å²) in [6.45, 7) is 6.38. The summed E-state index contributed by atoms with van der Waals surface area (Å²) in [7, 11) is 0. The summed E-state index contributed by atoms with van der Waals surface area (Å²) in [4.78, 5) is 38.4. The van der Waals surface area contributed by atoms with Crippen molar-refractivity contribution < 1.29 is 28.6 Å². The van der Waals surface area contributed by atoms with Gasteiger partial charge in [-0.05, 0) is 128 Å². The molecule has 0 N–H and O–H groups in total. The highest BCUT2D eigenvalue weighted by atomic mass is 16.6. The van der Waals surface area contributed by atoms with Crippen molar-refractivity contribution in [2.24, 2.45) is 0 Å². The number of carbonyl (C=O) groups excluding carboxylic acids is 3. The number of ether oxygens (including phenoxy) is 3. The van der Waals surface area contributed by atoms with Gasteiger partial charge in [-0.2, -0.15) is 0 Å². The van der Waals surface area contributed by atoms with E-state index in [4.69, 9.17) is 14.2 Å². The maximum Gasteiger partial charge on any atom is 0.306 e. The summed E-state index contributed by atoms with van der Waals surface area (Å²) in [6, 6.07) is 0. The third kappa shape index (κ3) is 68.2. The van der Waals surface area contributed by atoms with E-state index >= 15 is 0 Å². The normalized spacial score (nSPS) is 13.0. The molecule has 0 fully saturated rings. The van der Waals surface area contributed by atoms with Crippen LogP contribution in [-0.4, -0.2) is 37.2 Å². The molecule has 0 saturated carbocycles. The molecule has 0 aromatic heterocycles. The van der Waals surface area contributed by atoms with Gasteiger partial charge in [0.25, 0.3) is 0 Å². The average Bonchev–Trinajstić information content (AvgIpc) is 3.48. The summed E-state index contributed by atoms with van der Waals surface area (Å²) in [6.07, 6.45) is 99.0. The average molecular weight is 1150 g/mol. The lowest BCUT2D eigenvalue weighted by Gasteiger charge is -2.18. The van der Waals surface area contributed by atoms with Crippen LogP contribution < -0.4 is 0 Å². The fourth-order valence-corrected chi connectivity index (χ4v) is 9.48. The maximum atomic E-state index is 12.9. The summed E-state index contributed by atoms with van der Waals surface area (Å²) in [5.41, 5.74) is 0.